The monoisotopic (exact) mass is 277 g/mol. The lowest BCUT2D eigenvalue weighted by molar-refractivity contribution is -0.184. The van der Waals surface area contributed by atoms with E-state index < -0.39 is 12.1 Å². The minimum Gasteiger partial charge on any atom is -0.311 e. The Labute approximate surface area is 114 Å². The highest BCUT2D eigenvalue weighted by Crippen LogP contribution is 2.38. The Morgan fingerprint density at radius 2 is 1.68 bits per heavy atom. The van der Waals surface area contributed by atoms with E-state index in [1.807, 2.05) is 0 Å². The number of rotatable bonds is 2. The Hall–Kier alpha value is -0.250. The molecule has 0 aromatic rings. The summed E-state index contributed by atoms with van der Waals surface area (Å²) in [5, 5.41) is 3.53. The lowest BCUT2D eigenvalue weighted by Crippen LogP contribution is -2.47. The van der Waals surface area contributed by atoms with Crippen LogP contribution in [0.1, 0.15) is 58.8 Å². The molecule has 5 atom stereocenters. The fourth-order valence-electron chi connectivity index (χ4n) is 3.85. The van der Waals surface area contributed by atoms with Gasteiger partial charge in [-0.05, 0) is 50.4 Å². The first-order valence-electron chi connectivity index (χ1n) is 7.69. The van der Waals surface area contributed by atoms with Gasteiger partial charge in [0.1, 0.15) is 0 Å². The second-order valence-electron chi connectivity index (χ2n) is 6.77. The van der Waals surface area contributed by atoms with Crippen molar-refractivity contribution in [2.75, 3.05) is 0 Å². The average molecular weight is 277 g/mol. The van der Waals surface area contributed by atoms with Crippen LogP contribution in [0.4, 0.5) is 13.2 Å². The van der Waals surface area contributed by atoms with Crippen LogP contribution >= 0.6 is 0 Å². The smallest absolute Gasteiger partial charge is 0.311 e. The van der Waals surface area contributed by atoms with E-state index in [1.165, 1.54) is 12.8 Å². The van der Waals surface area contributed by atoms with E-state index in [0.717, 1.165) is 18.8 Å². The second-order valence-corrected chi connectivity index (χ2v) is 6.77. The van der Waals surface area contributed by atoms with Crippen molar-refractivity contribution in [2.24, 2.45) is 17.8 Å². The molecule has 0 heterocycles. The Kier molecular flexibility index (Phi) is 4.80. The largest absolute Gasteiger partial charge is 0.391 e. The number of nitrogens with one attached hydrogen (secondary N) is 1. The molecule has 0 amide bonds. The summed E-state index contributed by atoms with van der Waals surface area (Å²) in [5.41, 5.74) is 0. The van der Waals surface area contributed by atoms with Gasteiger partial charge < -0.3 is 5.32 Å². The van der Waals surface area contributed by atoms with E-state index in [4.69, 9.17) is 0 Å². The molecule has 2 aliphatic carbocycles. The second kappa shape index (κ2) is 6.02. The highest BCUT2D eigenvalue weighted by atomic mass is 19.4. The standard InChI is InChI=1S/C15H26F3N/c1-10-6-7-14(11(2)8-10)19-13-5-3-4-12(9-13)15(16,17)18/h10-14,19H,3-9H2,1-2H3. The summed E-state index contributed by atoms with van der Waals surface area (Å²) in [6.07, 6.45) is 1.74. The number of halogens is 3. The Morgan fingerprint density at radius 1 is 0.947 bits per heavy atom. The predicted molar refractivity (Wildman–Crippen MR) is 70.9 cm³/mol. The summed E-state index contributed by atoms with van der Waals surface area (Å²) in [4.78, 5) is 0. The van der Waals surface area contributed by atoms with Gasteiger partial charge in [-0.3, -0.25) is 0 Å². The van der Waals surface area contributed by atoms with Crippen LogP contribution in [0, 0.1) is 17.8 Å². The van der Waals surface area contributed by atoms with Gasteiger partial charge >= 0.3 is 6.18 Å². The first kappa shape index (κ1) is 15.1. The van der Waals surface area contributed by atoms with Crippen LogP contribution in [0.5, 0.6) is 0 Å². The van der Waals surface area contributed by atoms with Gasteiger partial charge in [0.15, 0.2) is 0 Å². The molecule has 1 nitrogen and oxygen atoms in total. The molecule has 2 fully saturated rings. The number of hydrogen-bond acceptors (Lipinski definition) is 1. The maximum absolute atomic E-state index is 12.8. The van der Waals surface area contributed by atoms with Crippen LogP contribution in [-0.4, -0.2) is 18.3 Å². The van der Waals surface area contributed by atoms with Gasteiger partial charge in [0.2, 0.25) is 0 Å². The minimum atomic E-state index is -4.01. The van der Waals surface area contributed by atoms with Gasteiger partial charge in [-0.25, -0.2) is 0 Å². The molecule has 0 bridgehead atoms. The molecule has 0 radical (unpaired) electrons. The number of hydrogen-bond donors (Lipinski definition) is 1. The maximum atomic E-state index is 12.8. The maximum Gasteiger partial charge on any atom is 0.391 e. The van der Waals surface area contributed by atoms with Crippen LogP contribution in [0.25, 0.3) is 0 Å². The van der Waals surface area contributed by atoms with E-state index in [9.17, 15) is 13.2 Å². The van der Waals surface area contributed by atoms with Crippen LogP contribution in [0.2, 0.25) is 0 Å². The van der Waals surface area contributed by atoms with Crippen LogP contribution < -0.4 is 5.32 Å². The molecule has 0 spiro atoms. The van der Waals surface area contributed by atoms with Gasteiger partial charge in [0.05, 0.1) is 5.92 Å². The van der Waals surface area contributed by atoms with Crippen molar-refractivity contribution in [3.05, 3.63) is 0 Å². The van der Waals surface area contributed by atoms with Gasteiger partial charge in [-0.2, -0.15) is 13.2 Å². The fourth-order valence-corrected chi connectivity index (χ4v) is 3.85. The van der Waals surface area contributed by atoms with Gasteiger partial charge in [0, 0.05) is 12.1 Å². The third-order valence-corrected chi connectivity index (χ3v) is 5.02. The molecule has 2 rings (SSSR count). The van der Waals surface area contributed by atoms with Gasteiger partial charge in [-0.15, -0.1) is 0 Å². The van der Waals surface area contributed by atoms with Crippen LogP contribution in [0.3, 0.4) is 0 Å². The quantitative estimate of drug-likeness (QED) is 0.782. The third kappa shape index (κ3) is 4.11. The molecule has 19 heavy (non-hydrogen) atoms. The normalized spacial score (nSPS) is 41.2. The van der Waals surface area contributed by atoms with E-state index in [-0.39, 0.29) is 12.5 Å². The van der Waals surface area contributed by atoms with Crippen LogP contribution in [-0.2, 0) is 0 Å². The highest BCUT2D eigenvalue weighted by Gasteiger charge is 2.42. The molecule has 0 saturated heterocycles. The third-order valence-electron chi connectivity index (χ3n) is 5.02. The van der Waals surface area contributed by atoms with E-state index in [1.54, 1.807) is 0 Å². The minimum absolute atomic E-state index is 0.0706. The first-order chi connectivity index (χ1) is 8.86. The fraction of sp³-hybridized carbons (Fsp3) is 1.00. The van der Waals surface area contributed by atoms with Crippen molar-refractivity contribution < 1.29 is 13.2 Å². The Bertz CT molecular complexity index is 290. The summed E-state index contributed by atoms with van der Waals surface area (Å²) in [5.74, 6) is 0.272. The molecule has 2 aliphatic rings. The molecule has 0 aromatic carbocycles. The molecular weight excluding hydrogens is 251 g/mol. The lowest BCUT2D eigenvalue weighted by Gasteiger charge is -2.39. The van der Waals surface area contributed by atoms with Crippen molar-refractivity contribution >= 4 is 0 Å². The zero-order valence-corrected chi connectivity index (χ0v) is 12.0. The average Bonchev–Trinajstić information content (AvgIpc) is 2.32. The summed E-state index contributed by atoms with van der Waals surface area (Å²) in [6, 6.07) is 0.495. The SMILES string of the molecule is CC1CCC(NC2CCCC(C(F)(F)F)C2)C(C)C1. The summed E-state index contributed by atoms with van der Waals surface area (Å²) < 4.78 is 38.4. The molecular formula is C15H26F3N. The van der Waals surface area contributed by atoms with E-state index in [0.29, 0.717) is 24.8 Å². The van der Waals surface area contributed by atoms with E-state index >= 15 is 0 Å². The summed E-state index contributed by atoms with van der Waals surface area (Å²) in [7, 11) is 0. The van der Waals surface area contributed by atoms with Crippen molar-refractivity contribution in [1.29, 1.82) is 0 Å². The summed E-state index contributed by atoms with van der Waals surface area (Å²) in [6.45, 7) is 4.50. The zero-order chi connectivity index (χ0) is 14.0. The number of alkyl halides is 3. The Balaban J connectivity index is 1.85. The first-order valence-corrected chi connectivity index (χ1v) is 7.69. The molecule has 1 N–H and O–H groups in total. The zero-order valence-electron chi connectivity index (χ0n) is 12.0. The van der Waals surface area contributed by atoms with Crippen molar-refractivity contribution in [3.8, 4) is 0 Å². The Morgan fingerprint density at radius 3 is 2.32 bits per heavy atom. The van der Waals surface area contributed by atoms with Crippen LogP contribution in [0.15, 0.2) is 0 Å². The van der Waals surface area contributed by atoms with Crippen molar-refractivity contribution in [3.63, 3.8) is 0 Å². The molecule has 112 valence electrons. The molecule has 2 saturated carbocycles. The summed E-state index contributed by atoms with van der Waals surface area (Å²) >= 11 is 0. The molecule has 4 heteroatoms. The topological polar surface area (TPSA) is 12.0 Å². The molecule has 0 aliphatic heterocycles. The molecule has 5 unspecified atom stereocenters. The van der Waals surface area contributed by atoms with Gasteiger partial charge in [0.25, 0.3) is 0 Å². The lowest BCUT2D eigenvalue weighted by atomic mass is 9.78. The highest BCUT2D eigenvalue weighted by molar-refractivity contribution is 4.88. The predicted octanol–water partition coefficient (Wildman–Crippen LogP) is 4.52. The molecule has 0 aromatic heterocycles. The van der Waals surface area contributed by atoms with Crippen molar-refractivity contribution in [2.45, 2.75) is 77.1 Å². The van der Waals surface area contributed by atoms with E-state index in [2.05, 4.69) is 19.2 Å². The van der Waals surface area contributed by atoms with Crippen molar-refractivity contribution in [1.82, 2.24) is 5.32 Å². The van der Waals surface area contributed by atoms with Gasteiger partial charge in [-0.1, -0.05) is 20.3 Å².